The van der Waals surface area contributed by atoms with Gasteiger partial charge in [0, 0.05) is 5.92 Å². The van der Waals surface area contributed by atoms with Crippen molar-refractivity contribution in [2.45, 2.75) is 57.7 Å². The monoisotopic (exact) mass is 328 g/mol. The van der Waals surface area contributed by atoms with E-state index in [-0.39, 0.29) is 11.3 Å². The van der Waals surface area contributed by atoms with Gasteiger partial charge in [0.1, 0.15) is 5.75 Å². The van der Waals surface area contributed by atoms with Crippen LogP contribution in [0.1, 0.15) is 56.2 Å². The first-order valence-electron chi connectivity index (χ1n) is 9.16. The summed E-state index contributed by atoms with van der Waals surface area (Å²) in [5, 5.41) is 10.4. The summed E-state index contributed by atoms with van der Waals surface area (Å²) in [6, 6.07) is 4.57. The van der Waals surface area contributed by atoms with Crippen LogP contribution in [0.5, 0.6) is 5.75 Å². The molecular formula is C21H28O3. The predicted octanol–water partition coefficient (Wildman–Crippen LogP) is 3.93. The largest absolute Gasteiger partial charge is 0.496 e. The molecule has 0 radical (unpaired) electrons. The zero-order chi connectivity index (χ0) is 17.1. The van der Waals surface area contributed by atoms with Gasteiger partial charge < -0.3 is 14.6 Å². The SMILES string of the molecule is COc1c(C(C)C)ccc2c1CC[C@H]1[C@H]3C(=CC[C@]21C)COC3O. The van der Waals surface area contributed by atoms with Crippen molar-refractivity contribution in [1.82, 2.24) is 0 Å². The topological polar surface area (TPSA) is 38.7 Å². The first-order chi connectivity index (χ1) is 11.5. The van der Waals surface area contributed by atoms with E-state index < -0.39 is 6.29 Å². The summed E-state index contributed by atoms with van der Waals surface area (Å²) in [6.45, 7) is 7.40. The minimum atomic E-state index is -0.640. The Morgan fingerprint density at radius 1 is 1.33 bits per heavy atom. The number of ether oxygens (including phenoxy) is 2. The number of aliphatic hydroxyl groups excluding tert-OH is 1. The van der Waals surface area contributed by atoms with Crippen molar-refractivity contribution < 1.29 is 14.6 Å². The van der Waals surface area contributed by atoms with Crippen LogP contribution in [0, 0.1) is 11.8 Å². The average Bonchev–Trinajstić information content (AvgIpc) is 2.94. The molecule has 0 amide bonds. The van der Waals surface area contributed by atoms with Gasteiger partial charge in [0.2, 0.25) is 0 Å². The van der Waals surface area contributed by atoms with E-state index in [0.29, 0.717) is 18.4 Å². The van der Waals surface area contributed by atoms with E-state index in [1.807, 2.05) is 0 Å². The fourth-order valence-electron chi connectivity index (χ4n) is 5.34. The van der Waals surface area contributed by atoms with Gasteiger partial charge in [-0.15, -0.1) is 0 Å². The molecule has 4 atom stereocenters. The number of allylic oxidation sites excluding steroid dienone is 1. The molecule has 0 saturated carbocycles. The third-order valence-corrected chi connectivity index (χ3v) is 6.63. The third kappa shape index (κ3) is 2.11. The van der Waals surface area contributed by atoms with Crippen molar-refractivity contribution in [2.75, 3.05) is 13.7 Å². The second kappa shape index (κ2) is 5.60. The second-order valence-corrected chi connectivity index (χ2v) is 8.14. The molecule has 1 unspecified atom stereocenters. The maximum Gasteiger partial charge on any atom is 0.161 e. The van der Waals surface area contributed by atoms with E-state index >= 15 is 0 Å². The lowest BCUT2D eigenvalue weighted by Crippen LogP contribution is -2.45. The number of methoxy groups -OCH3 is 1. The number of rotatable bonds is 2. The van der Waals surface area contributed by atoms with E-state index in [1.165, 1.54) is 22.3 Å². The Hall–Kier alpha value is -1.32. The summed E-state index contributed by atoms with van der Waals surface area (Å²) in [4.78, 5) is 0. The van der Waals surface area contributed by atoms with Crippen molar-refractivity contribution >= 4 is 0 Å². The molecule has 130 valence electrons. The van der Waals surface area contributed by atoms with Crippen LogP contribution in [0.25, 0.3) is 0 Å². The van der Waals surface area contributed by atoms with Gasteiger partial charge in [-0.3, -0.25) is 0 Å². The van der Waals surface area contributed by atoms with Crippen LogP contribution >= 0.6 is 0 Å². The zero-order valence-electron chi connectivity index (χ0n) is 15.1. The molecule has 1 heterocycles. The lowest BCUT2D eigenvalue weighted by atomic mass is 9.55. The van der Waals surface area contributed by atoms with Gasteiger partial charge in [-0.05, 0) is 58.8 Å². The van der Waals surface area contributed by atoms with Crippen molar-refractivity contribution in [3.05, 3.63) is 40.5 Å². The van der Waals surface area contributed by atoms with Crippen LogP contribution in [0.15, 0.2) is 23.8 Å². The highest BCUT2D eigenvalue weighted by Crippen LogP contribution is 2.56. The van der Waals surface area contributed by atoms with Crippen molar-refractivity contribution in [1.29, 1.82) is 0 Å². The minimum absolute atomic E-state index is 0.0548. The van der Waals surface area contributed by atoms with Crippen LogP contribution in [0.3, 0.4) is 0 Å². The van der Waals surface area contributed by atoms with Gasteiger partial charge in [-0.1, -0.05) is 39.0 Å². The highest BCUT2D eigenvalue weighted by molar-refractivity contribution is 5.53. The lowest BCUT2D eigenvalue weighted by molar-refractivity contribution is -0.101. The van der Waals surface area contributed by atoms with Crippen molar-refractivity contribution in [3.63, 3.8) is 0 Å². The Balaban J connectivity index is 1.84. The number of hydrogen-bond donors (Lipinski definition) is 1. The molecule has 4 rings (SSSR count). The normalized spacial score (nSPS) is 34.4. The minimum Gasteiger partial charge on any atom is -0.496 e. The van der Waals surface area contributed by atoms with Gasteiger partial charge in [0.15, 0.2) is 6.29 Å². The molecule has 1 aliphatic heterocycles. The first-order valence-corrected chi connectivity index (χ1v) is 9.16. The summed E-state index contributed by atoms with van der Waals surface area (Å²) in [7, 11) is 1.79. The Morgan fingerprint density at radius 3 is 2.83 bits per heavy atom. The average molecular weight is 328 g/mol. The number of benzene rings is 1. The molecule has 24 heavy (non-hydrogen) atoms. The maximum absolute atomic E-state index is 10.4. The van der Waals surface area contributed by atoms with Crippen LogP contribution in [-0.2, 0) is 16.6 Å². The molecule has 1 N–H and O–H groups in total. The molecular weight excluding hydrogens is 300 g/mol. The van der Waals surface area contributed by atoms with Gasteiger partial charge >= 0.3 is 0 Å². The van der Waals surface area contributed by atoms with Crippen LogP contribution in [0.4, 0.5) is 0 Å². The zero-order valence-corrected chi connectivity index (χ0v) is 15.1. The van der Waals surface area contributed by atoms with E-state index in [1.54, 1.807) is 7.11 Å². The van der Waals surface area contributed by atoms with E-state index in [4.69, 9.17) is 9.47 Å². The standard InChI is InChI=1S/C21H28O3/c1-12(2)14-5-7-16-15(19(14)23-4)6-8-17-18-13(11-24-20(18)22)9-10-21(16,17)3/h5,7,9,12,17-18,20,22H,6,8,10-11H2,1-4H3/t17-,18+,20?,21+/m0/s1. The Kier molecular flexibility index (Phi) is 3.77. The van der Waals surface area contributed by atoms with Crippen molar-refractivity contribution in [2.24, 2.45) is 11.8 Å². The predicted molar refractivity (Wildman–Crippen MR) is 94.4 cm³/mol. The molecule has 1 fully saturated rings. The highest BCUT2D eigenvalue weighted by atomic mass is 16.6. The van der Waals surface area contributed by atoms with Gasteiger partial charge in [-0.2, -0.15) is 0 Å². The fourth-order valence-corrected chi connectivity index (χ4v) is 5.34. The molecule has 0 spiro atoms. The quantitative estimate of drug-likeness (QED) is 0.836. The van der Waals surface area contributed by atoms with E-state index in [9.17, 15) is 5.11 Å². The smallest absolute Gasteiger partial charge is 0.161 e. The Bertz CT molecular complexity index is 691. The van der Waals surface area contributed by atoms with Gasteiger partial charge in [0.25, 0.3) is 0 Å². The summed E-state index contributed by atoms with van der Waals surface area (Å²) < 4.78 is 11.4. The molecule has 1 aromatic rings. The second-order valence-electron chi connectivity index (χ2n) is 8.14. The maximum atomic E-state index is 10.4. The molecule has 0 aromatic heterocycles. The molecule has 3 nitrogen and oxygen atoms in total. The molecule has 2 aliphatic carbocycles. The fraction of sp³-hybridized carbons (Fsp3) is 0.619. The number of hydrogen-bond acceptors (Lipinski definition) is 3. The van der Waals surface area contributed by atoms with Crippen LogP contribution in [0.2, 0.25) is 0 Å². The number of aliphatic hydroxyl groups is 1. The molecule has 3 heteroatoms. The third-order valence-electron chi connectivity index (χ3n) is 6.63. The van der Waals surface area contributed by atoms with E-state index in [2.05, 4.69) is 39.0 Å². The van der Waals surface area contributed by atoms with Crippen LogP contribution in [-0.4, -0.2) is 25.1 Å². The molecule has 1 aromatic carbocycles. The highest BCUT2D eigenvalue weighted by Gasteiger charge is 2.51. The first kappa shape index (κ1) is 16.2. The van der Waals surface area contributed by atoms with Gasteiger partial charge in [0.05, 0.1) is 13.7 Å². The van der Waals surface area contributed by atoms with Gasteiger partial charge in [-0.25, -0.2) is 0 Å². The molecule has 3 aliphatic rings. The Labute approximate surface area is 144 Å². The summed E-state index contributed by atoms with van der Waals surface area (Å²) in [5.74, 6) is 2.14. The summed E-state index contributed by atoms with van der Waals surface area (Å²) >= 11 is 0. The molecule has 1 saturated heterocycles. The summed E-state index contributed by atoms with van der Waals surface area (Å²) in [5.41, 5.74) is 5.45. The number of fused-ring (bicyclic) bond motifs is 5. The Morgan fingerprint density at radius 2 is 2.12 bits per heavy atom. The summed E-state index contributed by atoms with van der Waals surface area (Å²) in [6.07, 6.45) is 4.81. The molecule has 0 bridgehead atoms. The van der Waals surface area contributed by atoms with Crippen molar-refractivity contribution in [3.8, 4) is 5.75 Å². The lowest BCUT2D eigenvalue weighted by Gasteiger charge is -2.49. The van der Waals surface area contributed by atoms with Crippen LogP contribution < -0.4 is 4.74 Å². The van der Waals surface area contributed by atoms with E-state index in [0.717, 1.165) is 25.0 Å².